The minimum absolute atomic E-state index is 0.0528. The smallest absolute Gasteiger partial charge is 0.126 e. The molecule has 0 fully saturated rings. The van der Waals surface area contributed by atoms with E-state index in [2.05, 4.69) is 0 Å². The number of hydrogen-bond acceptors (Lipinski definition) is 2. The Hall–Kier alpha value is -3.00. The zero-order valence-electron chi connectivity index (χ0n) is 13.6. The third-order valence-electron chi connectivity index (χ3n) is 3.75. The third kappa shape index (κ3) is 4.05. The molecule has 0 atom stereocenters. The van der Waals surface area contributed by atoms with Crippen molar-refractivity contribution in [2.45, 2.75) is 13.5 Å². The fraction of sp³-hybridized carbons (Fsp3) is 0.0909. The third-order valence-corrected chi connectivity index (χ3v) is 3.75. The van der Waals surface area contributed by atoms with Crippen molar-refractivity contribution >= 4 is 5.76 Å². The molecule has 2 heteroatoms. The van der Waals surface area contributed by atoms with E-state index in [1.165, 1.54) is 0 Å². The van der Waals surface area contributed by atoms with Gasteiger partial charge in [-0.3, -0.25) is 0 Å². The van der Waals surface area contributed by atoms with Gasteiger partial charge in [0.25, 0.3) is 0 Å². The van der Waals surface area contributed by atoms with E-state index in [1.807, 2.05) is 85.8 Å². The van der Waals surface area contributed by atoms with E-state index in [-0.39, 0.29) is 5.76 Å². The van der Waals surface area contributed by atoms with Crippen LogP contribution in [0.25, 0.3) is 5.76 Å². The molecule has 0 N–H and O–H groups in total. The van der Waals surface area contributed by atoms with E-state index in [0.717, 1.165) is 16.7 Å². The summed E-state index contributed by atoms with van der Waals surface area (Å²) in [5.41, 5.74) is 3.72. The van der Waals surface area contributed by atoms with Gasteiger partial charge in [-0.05, 0) is 30.2 Å². The molecule has 0 amide bonds. The van der Waals surface area contributed by atoms with Gasteiger partial charge < -0.3 is 9.84 Å². The van der Waals surface area contributed by atoms with Crippen LogP contribution in [0.3, 0.4) is 0 Å². The summed E-state index contributed by atoms with van der Waals surface area (Å²) in [5.74, 6) is 0.560. The minimum Gasteiger partial charge on any atom is -0.872 e. The molecule has 120 valence electrons. The fourth-order valence-corrected chi connectivity index (χ4v) is 2.46. The van der Waals surface area contributed by atoms with Crippen LogP contribution in [0.5, 0.6) is 5.75 Å². The van der Waals surface area contributed by atoms with Crippen molar-refractivity contribution in [1.29, 1.82) is 0 Å². The summed E-state index contributed by atoms with van der Waals surface area (Å²) in [7, 11) is 0. The molecule has 1 aliphatic carbocycles. The molecule has 0 saturated carbocycles. The lowest BCUT2D eigenvalue weighted by molar-refractivity contribution is -0.243. The molecule has 3 rings (SSSR count). The summed E-state index contributed by atoms with van der Waals surface area (Å²) >= 11 is 0. The van der Waals surface area contributed by atoms with Gasteiger partial charge in [0.2, 0.25) is 0 Å². The molecule has 2 aromatic rings. The Morgan fingerprint density at radius 2 is 1.79 bits per heavy atom. The van der Waals surface area contributed by atoms with E-state index in [4.69, 9.17) is 4.74 Å². The molecule has 0 bridgehead atoms. The summed E-state index contributed by atoms with van der Waals surface area (Å²) < 4.78 is 5.88. The monoisotopic (exact) mass is 315 g/mol. The van der Waals surface area contributed by atoms with Gasteiger partial charge in [-0.1, -0.05) is 84.2 Å². The Bertz CT molecular complexity index is 810. The van der Waals surface area contributed by atoms with E-state index in [0.29, 0.717) is 17.9 Å². The molecule has 24 heavy (non-hydrogen) atoms. The van der Waals surface area contributed by atoms with Gasteiger partial charge in [0.15, 0.2) is 0 Å². The zero-order valence-corrected chi connectivity index (χ0v) is 13.6. The summed E-state index contributed by atoms with van der Waals surface area (Å²) in [5, 5.41) is 12.6. The van der Waals surface area contributed by atoms with Crippen LogP contribution in [0, 0.1) is 6.92 Å². The van der Waals surface area contributed by atoms with Crippen LogP contribution in [-0.2, 0) is 6.61 Å². The van der Waals surface area contributed by atoms with Crippen molar-refractivity contribution in [3.63, 3.8) is 0 Å². The summed E-state index contributed by atoms with van der Waals surface area (Å²) in [4.78, 5) is 0. The van der Waals surface area contributed by atoms with Crippen LogP contribution < -0.4 is 9.84 Å². The first-order valence-electron chi connectivity index (χ1n) is 7.94. The molecule has 0 radical (unpaired) electrons. The lowest BCUT2D eigenvalue weighted by atomic mass is 10.1. The second-order valence-corrected chi connectivity index (χ2v) is 5.69. The van der Waals surface area contributed by atoms with Crippen molar-refractivity contribution in [2.75, 3.05) is 0 Å². The van der Waals surface area contributed by atoms with Crippen LogP contribution in [-0.4, -0.2) is 0 Å². The van der Waals surface area contributed by atoms with E-state index >= 15 is 0 Å². The molecular formula is C22H19O2-. The lowest BCUT2D eigenvalue weighted by Gasteiger charge is -2.18. The maximum Gasteiger partial charge on any atom is 0.126 e. The maximum atomic E-state index is 12.6. The summed E-state index contributed by atoms with van der Waals surface area (Å²) in [6, 6.07) is 15.6. The molecule has 0 heterocycles. The van der Waals surface area contributed by atoms with Crippen LogP contribution in [0.15, 0.2) is 90.6 Å². The van der Waals surface area contributed by atoms with Gasteiger partial charge in [0, 0.05) is 5.56 Å². The predicted octanol–water partition coefficient (Wildman–Crippen LogP) is 4.33. The lowest BCUT2D eigenvalue weighted by Crippen LogP contribution is -2.06. The fourth-order valence-electron chi connectivity index (χ4n) is 2.46. The molecule has 2 nitrogen and oxygen atoms in total. The number of benzene rings is 2. The average Bonchev–Trinajstić information content (AvgIpc) is 3.13. The normalized spacial score (nSPS) is 13.4. The van der Waals surface area contributed by atoms with Crippen molar-refractivity contribution < 1.29 is 9.84 Å². The van der Waals surface area contributed by atoms with Crippen molar-refractivity contribution in [2.24, 2.45) is 0 Å². The Morgan fingerprint density at radius 1 is 1.04 bits per heavy atom. The highest BCUT2D eigenvalue weighted by Crippen LogP contribution is 2.26. The number of ether oxygens (including phenoxy) is 1. The van der Waals surface area contributed by atoms with E-state index in [1.54, 1.807) is 6.08 Å². The highest BCUT2D eigenvalue weighted by molar-refractivity contribution is 5.66. The first kappa shape index (κ1) is 15.9. The molecule has 0 aromatic heterocycles. The second-order valence-electron chi connectivity index (χ2n) is 5.69. The van der Waals surface area contributed by atoms with Crippen LogP contribution in [0.1, 0.15) is 16.7 Å². The largest absolute Gasteiger partial charge is 0.872 e. The highest BCUT2D eigenvalue weighted by Gasteiger charge is 2.04. The minimum atomic E-state index is -0.0528. The summed E-state index contributed by atoms with van der Waals surface area (Å²) in [6.07, 6.45) is 11.3. The van der Waals surface area contributed by atoms with Crippen molar-refractivity contribution in [1.82, 2.24) is 0 Å². The number of hydrogen-bond donors (Lipinski definition) is 0. The predicted molar refractivity (Wildman–Crippen MR) is 96.3 cm³/mol. The highest BCUT2D eigenvalue weighted by atomic mass is 16.5. The molecule has 2 aromatic carbocycles. The molecule has 0 spiro atoms. The molecular weight excluding hydrogens is 296 g/mol. The number of rotatable bonds is 5. The van der Waals surface area contributed by atoms with Crippen LogP contribution in [0.4, 0.5) is 0 Å². The number of allylic oxidation sites excluding steroid dienone is 7. The first-order valence-corrected chi connectivity index (χ1v) is 7.94. The summed E-state index contributed by atoms with van der Waals surface area (Å²) in [6.45, 7) is 2.41. The Morgan fingerprint density at radius 3 is 2.54 bits per heavy atom. The van der Waals surface area contributed by atoms with Gasteiger partial charge in [-0.15, -0.1) is 0 Å². The van der Waals surface area contributed by atoms with Crippen LogP contribution >= 0.6 is 0 Å². The van der Waals surface area contributed by atoms with Crippen molar-refractivity contribution in [3.05, 3.63) is 107 Å². The van der Waals surface area contributed by atoms with Gasteiger partial charge >= 0.3 is 0 Å². The van der Waals surface area contributed by atoms with Gasteiger partial charge in [-0.2, -0.15) is 0 Å². The Labute approximate surface area is 142 Å². The maximum absolute atomic E-state index is 12.6. The second kappa shape index (κ2) is 7.51. The Balaban J connectivity index is 1.82. The van der Waals surface area contributed by atoms with Gasteiger partial charge in [0.05, 0.1) is 0 Å². The van der Waals surface area contributed by atoms with E-state index < -0.39 is 0 Å². The SMILES string of the molecule is Cc1ccc(OCc2ccccc2)c(C([O-])=CC=C2C=CC=C2)c1. The number of aryl methyl sites for hydroxylation is 1. The molecule has 0 aliphatic heterocycles. The van der Waals surface area contributed by atoms with E-state index in [9.17, 15) is 5.11 Å². The molecule has 0 unspecified atom stereocenters. The standard InChI is InChI=1S/C22H20O2/c1-17-11-14-22(24-16-19-9-3-2-4-10-19)20(15-17)21(23)13-12-18-7-5-6-8-18/h2-15,23H,16H2,1H3/p-1. The van der Waals surface area contributed by atoms with Gasteiger partial charge in [0.1, 0.15) is 12.4 Å². The van der Waals surface area contributed by atoms with Crippen molar-refractivity contribution in [3.8, 4) is 5.75 Å². The molecule has 1 aliphatic rings. The Kier molecular flexibility index (Phi) is 4.97. The molecule has 0 saturated heterocycles. The topological polar surface area (TPSA) is 32.3 Å². The average molecular weight is 315 g/mol. The van der Waals surface area contributed by atoms with Gasteiger partial charge in [-0.25, -0.2) is 0 Å². The quantitative estimate of drug-likeness (QED) is 0.769. The first-order chi connectivity index (χ1) is 11.7. The zero-order chi connectivity index (χ0) is 16.8. The van der Waals surface area contributed by atoms with Crippen LogP contribution in [0.2, 0.25) is 0 Å².